The monoisotopic (exact) mass is 560 g/mol. The summed E-state index contributed by atoms with van der Waals surface area (Å²) in [5, 5.41) is 3.49. The molecule has 33 heavy (non-hydrogen) atoms. The molecule has 1 N–H and O–H groups in total. The number of thiocarbonyl (C=S) groups is 1. The third-order valence-corrected chi connectivity index (χ3v) is 6.28. The Hall–Kier alpha value is -2.71. The van der Waals surface area contributed by atoms with Crippen LogP contribution in [0.25, 0.3) is 6.08 Å². The van der Waals surface area contributed by atoms with Crippen LogP contribution in [0.2, 0.25) is 10.0 Å². The Kier molecular flexibility index (Phi) is 7.14. The van der Waals surface area contributed by atoms with Crippen molar-refractivity contribution in [2.45, 2.75) is 6.61 Å². The van der Waals surface area contributed by atoms with Crippen molar-refractivity contribution in [3.05, 3.63) is 97.9 Å². The zero-order valence-corrected chi connectivity index (χ0v) is 20.8. The van der Waals surface area contributed by atoms with Gasteiger partial charge < -0.3 is 4.74 Å². The van der Waals surface area contributed by atoms with E-state index in [0.717, 1.165) is 10.0 Å². The highest BCUT2D eigenvalue weighted by molar-refractivity contribution is 9.10. The van der Waals surface area contributed by atoms with Gasteiger partial charge in [0, 0.05) is 10.0 Å². The summed E-state index contributed by atoms with van der Waals surface area (Å²) in [6.45, 7) is 0.217. The van der Waals surface area contributed by atoms with E-state index >= 15 is 0 Å². The van der Waals surface area contributed by atoms with Gasteiger partial charge in [-0.05, 0) is 66.3 Å². The van der Waals surface area contributed by atoms with Gasteiger partial charge in [-0.2, -0.15) is 0 Å². The Bertz CT molecular complexity index is 1300. The first-order valence-electron chi connectivity index (χ1n) is 9.66. The average Bonchev–Trinajstić information content (AvgIpc) is 2.79. The summed E-state index contributed by atoms with van der Waals surface area (Å²) in [5.41, 5.74) is 1.86. The molecule has 3 aromatic carbocycles. The number of rotatable bonds is 5. The second kappa shape index (κ2) is 10.1. The van der Waals surface area contributed by atoms with Gasteiger partial charge in [0.1, 0.15) is 17.9 Å². The van der Waals surface area contributed by atoms with Crippen LogP contribution in [0.1, 0.15) is 11.1 Å². The Morgan fingerprint density at radius 1 is 1.00 bits per heavy atom. The molecule has 5 nitrogen and oxygen atoms in total. The van der Waals surface area contributed by atoms with Gasteiger partial charge in [-0.15, -0.1) is 0 Å². The third kappa shape index (κ3) is 5.28. The molecular weight excluding hydrogens is 547 g/mol. The topological polar surface area (TPSA) is 58.6 Å². The fourth-order valence-electron chi connectivity index (χ4n) is 3.18. The van der Waals surface area contributed by atoms with Crippen LogP contribution < -0.4 is 15.0 Å². The molecule has 1 heterocycles. The highest BCUT2D eigenvalue weighted by Gasteiger charge is 2.34. The van der Waals surface area contributed by atoms with E-state index in [1.54, 1.807) is 54.6 Å². The predicted molar refractivity (Wildman–Crippen MR) is 138 cm³/mol. The molecule has 2 amide bonds. The van der Waals surface area contributed by atoms with Crippen LogP contribution in [0.3, 0.4) is 0 Å². The molecule has 1 aliphatic rings. The second-order valence-corrected chi connectivity index (χ2v) is 9.13. The Balaban J connectivity index is 1.66. The molecule has 4 rings (SSSR count). The van der Waals surface area contributed by atoms with E-state index in [0.29, 0.717) is 27.0 Å². The lowest BCUT2D eigenvalue weighted by atomic mass is 10.1. The van der Waals surface area contributed by atoms with Gasteiger partial charge in [-0.25, -0.2) is 0 Å². The normalized spacial score (nSPS) is 15.1. The zero-order chi connectivity index (χ0) is 23.5. The van der Waals surface area contributed by atoms with Gasteiger partial charge in [0.2, 0.25) is 0 Å². The molecule has 1 fully saturated rings. The molecule has 3 aromatic rings. The maximum Gasteiger partial charge on any atom is 0.270 e. The lowest BCUT2D eigenvalue weighted by Gasteiger charge is -2.29. The van der Waals surface area contributed by atoms with E-state index in [4.69, 9.17) is 40.2 Å². The fourth-order valence-corrected chi connectivity index (χ4v) is 4.16. The lowest BCUT2D eigenvalue weighted by Crippen LogP contribution is -2.54. The molecule has 0 radical (unpaired) electrons. The minimum Gasteiger partial charge on any atom is -0.488 e. The molecule has 0 unspecified atom stereocenters. The summed E-state index contributed by atoms with van der Waals surface area (Å²) in [7, 11) is 0. The number of nitrogens with one attached hydrogen (secondary N) is 1. The molecule has 1 aliphatic heterocycles. The Morgan fingerprint density at radius 2 is 1.76 bits per heavy atom. The minimum atomic E-state index is -0.576. The maximum atomic E-state index is 13.2. The van der Waals surface area contributed by atoms with Crippen molar-refractivity contribution >= 4 is 80.0 Å². The largest absolute Gasteiger partial charge is 0.488 e. The number of hydrogen-bond acceptors (Lipinski definition) is 4. The summed E-state index contributed by atoms with van der Waals surface area (Å²) in [6.07, 6.45) is 1.49. The molecule has 0 aromatic heterocycles. The van der Waals surface area contributed by atoms with Crippen LogP contribution in [-0.2, 0) is 16.2 Å². The van der Waals surface area contributed by atoms with E-state index in [1.165, 1.54) is 11.0 Å². The summed E-state index contributed by atoms with van der Waals surface area (Å²) in [4.78, 5) is 27.2. The molecule has 0 spiro atoms. The van der Waals surface area contributed by atoms with E-state index in [-0.39, 0.29) is 17.3 Å². The van der Waals surface area contributed by atoms with E-state index < -0.39 is 11.8 Å². The highest BCUT2D eigenvalue weighted by atomic mass is 79.9. The van der Waals surface area contributed by atoms with Gasteiger partial charge in [-0.1, -0.05) is 63.4 Å². The molecule has 0 saturated carbocycles. The van der Waals surface area contributed by atoms with Crippen LogP contribution >= 0.6 is 51.3 Å². The van der Waals surface area contributed by atoms with Crippen LogP contribution in [-0.4, -0.2) is 16.9 Å². The van der Waals surface area contributed by atoms with Crippen LogP contribution in [0, 0.1) is 0 Å². The summed E-state index contributed by atoms with van der Waals surface area (Å²) in [5.74, 6) is -0.616. The Morgan fingerprint density at radius 3 is 2.48 bits per heavy atom. The van der Waals surface area contributed by atoms with Gasteiger partial charge >= 0.3 is 0 Å². The minimum absolute atomic E-state index is 0.0266. The van der Waals surface area contributed by atoms with Gasteiger partial charge in [0.15, 0.2) is 5.11 Å². The molecule has 0 aliphatic carbocycles. The number of amides is 2. The average molecular weight is 562 g/mol. The number of hydrogen-bond donors (Lipinski definition) is 1. The summed E-state index contributed by atoms with van der Waals surface area (Å²) < 4.78 is 6.73. The van der Waals surface area contributed by atoms with Crippen LogP contribution in [0.15, 0.2) is 76.8 Å². The second-order valence-electron chi connectivity index (χ2n) is 7.01. The van der Waals surface area contributed by atoms with Crippen molar-refractivity contribution in [3.63, 3.8) is 0 Å². The lowest BCUT2D eigenvalue weighted by molar-refractivity contribution is -0.122. The van der Waals surface area contributed by atoms with Gasteiger partial charge in [-0.3, -0.25) is 19.8 Å². The van der Waals surface area contributed by atoms with E-state index in [2.05, 4.69) is 21.2 Å². The number of para-hydroxylation sites is 1. The number of carbonyl (C=O) groups excluding carboxylic acids is 2. The first-order valence-corrected chi connectivity index (χ1v) is 11.6. The van der Waals surface area contributed by atoms with Gasteiger partial charge in [0.25, 0.3) is 11.8 Å². The number of ether oxygens (including phenoxy) is 1. The van der Waals surface area contributed by atoms with Crippen LogP contribution in [0.4, 0.5) is 5.69 Å². The molecule has 0 bridgehead atoms. The van der Waals surface area contributed by atoms with E-state index in [9.17, 15) is 9.59 Å². The van der Waals surface area contributed by atoms with Gasteiger partial charge in [0.05, 0.1) is 15.7 Å². The van der Waals surface area contributed by atoms with Crippen molar-refractivity contribution < 1.29 is 14.3 Å². The number of nitrogens with zero attached hydrogens (tertiary/aromatic N) is 1. The third-order valence-electron chi connectivity index (χ3n) is 4.77. The van der Waals surface area contributed by atoms with Crippen molar-refractivity contribution in [2.75, 3.05) is 4.90 Å². The highest BCUT2D eigenvalue weighted by Crippen LogP contribution is 2.29. The number of anilines is 1. The predicted octanol–water partition coefficient (Wildman–Crippen LogP) is 6.17. The fraction of sp³-hybridized carbons (Fsp3) is 0.0417. The molecule has 0 atom stereocenters. The molecule has 166 valence electrons. The van der Waals surface area contributed by atoms with E-state index in [1.807, 2.05) is 12.1 Å². The smallest absolute Gasteiger partial charge is 0.270 e. The summed E-state index contributed by atoms with van der Waals surface area (Å²) in [6, 6.07) is 19.4. The number of carbonyl (C=O) groups is 2. The van der Waals surface area contributed by atoms with Crippen molar-refractivity contribution in [1.29, 1.82) is 0 Å². The maximum absolute atomic E-state index is 13.2. The zero-order valence-electron chi connectivity index (χ0n) is 16.8. The first-order chi connectivity index (χ1) is 15.8. The first kappa shape index (κ1) is 23.4. The standard InChI is InChI=1S/C24H15BrCl2N2O3S/c25-16-7-9-21(32-13-14-6-8-19(26)20(27)10-14)15(11-16)12-18-22(30)28-24(33)29(23(18)31)17-4-2-1-3-5-17/h1-12H,13H2,(H,28,30,33)/b18-12-. The van der Waals surface area contributed by atoms with Crippen molar-refractivity contribution in [3.8, 4) is 5.75 Å². The van der Waals surface area contributed by atoms with Crippen molar-refractivity contribution in [1.82, 2.24) is 5.32 Å². The van der Waals surface area contributed by atoms with Crippen LogP contribution in [0.5, 0.6) is 5.75 Å². The quantitative estimate of drug-likeness (QED) is 0.230. The SMILES string of the molecule is O=C1NC(=S)N(c2ccccc2)C(=O)/C1=C\c1cc(Br)ccc1OCc1ccc(Cl)c(Cl)c1. The number of halogens is 3. The molecule has 1 saturated heterocycles. The Labute approximate surface area is 214 Å². The van der Waals surface area contributed by atoms with Crippen molar-refractivity contribution in [2.24, 2.45) is 0 Å². The number of benzene rings is 3. The molecular formula is C24H15BrCl2N2O3S. The molecule has 9 heteroatoms. The summed E-state index contributed by atoms with van der Waals surface area (Å²) >= 11 is 20.7.